The molecule has 0 unspecified atom stereocenters. The van der Waals surface area contributed by atoms with Crippen molar-refractivity contribution in [3.63, 3.8) is 0 Å². The molecule has 1 aliphatic rings. The smallest absolute Gasteiger partial charge is 0.181 e. The summed E-state index contributed by atoms with van der Waals surface area (Å²) in [5, 5.41) is 4.18. The van der Waals surface area contributed by atoms with E-state index in [2.05, 4.69) is 5.10 Å². The quantitative estimate of drug-likeness (QED) is 0.549. The van der Waals surface area contributed by atoms with Crippen LogP contribution in [0.3, 0.4) is 0 Å². The minimum absolute atomic E-state index is 0.239. The Morgan fingerprint density at radius 1 is 1.45 bits per heavy atom. The molecule has 0 radical (unpaired) electrons. The maximum absolute atomic E-state index is 11.2. The Balaban J connectivity index is 2.69. The number of ketones is 1. The summed E-state index contributed by atoms with van der Waals surface area (Å²) < 4.78 is 1.69. The van der Waals surface area contributed by atoms with E-state index in [4.69, 9.17) is 0 Å². The van der Waals surface area contributed by atoms with Crippen LogP contribution in [0.5, 0.6) is 0 Å². The number of Topliss-reactive ketones (excluding diaryl/α,β-unsaturated/α-hetero) is 1. The summed E-state index contributed by atoms with van der Waals surface area (Å²) in [5.74, 6) is 0.239. The topological polar surface area (TPSA) is 34.9 Å². The number of hydrogen-bond acceptors (Lipinski definition) is 2. The lowest BCUT2D eigenvalue weighted by Crippen LogP contribution is -2.02. The lowest BCUT2D eigenvalue weighted by Gasteiger charge is -1.92. The van der Waals surface area contributed by atoms with Crippen molar-refractivity contribution in [1.29, 1.82) is 0 Å². The van der Waals surface area contributed by atoms with Gasteiger partial charge in [0, 0.05) is 19.0 Å². The number of carbonyl (C=O) groups is 1. The molecule has 0 saturated heterocycles. The first-order valence-corrected chi connectivity index (χ1v) is 3.76. The van der Waals surface area contributed by atoms with Gasteiger partial charge in [-0.25, -0.2) is 0 Å². The predicted molar refractivity (Wildman–Crippen MR) is 40.6 cm³/mol. The highest BCUT2D eigenvalue weighted by molar-refractivity contribution is 5.99. The molecule has 0 amide bonds. The molecule has 1 aliphatic carbocycles. The van der Waals surface area contributed by atoms with E-state index in [9.17, 15) is 4.79 Å². The van der Waals surface area contributed by atoms with Crippen molar-refractivity contribution in [3.05, 3.63) is 17.0 Å². The SMILES string of the molecule is Cc1nn(C)c2c1CCC2=O. The number of rotatable bonds is 0. The zero-order valence-corrected chi connectivity index (χ0v) is 6.72. The van der Waals surface area contributed by atoms with Crippen LogP contribution in [0.15, 0.2) is 0 Å². The fourth-order valence-electron chi connectivity index (χ4n) is 1.71. The third-order valence-electron chi connectivity index (χ3n) is 2.21. The van der Waals surface area contributed by atoms with E-state index >= 15 is 0 Å². The molecule has 0 aromatic carbocycles. The van der Waals surface area contributed by atoms with E-state index in [-0.39, 0.29) is 5.78 Å². The molecule has 0 fully saturated rings. The van der Waals surface area contributed by atoms with Gasteiger partial charge in [0.15, 0.2) is 5.78 Å². The lowest BCUT2D eigenvalue weighted by molar-refractivity contribution is 0.0986. The molecular weight excluding hydrogens is 140 g/mol. The van der Waals surface area contributed by atoms with E-state index in [1.54, 1.807) is 4.68 Å². The molecule has 1 heterocycles. The van der Waals surface area contributed by atoms with E-state index in [1.807, 2.05) is 14.0 Å². The molecule has 58 valence electrons. The van der Waals surface area contributed by atoms with Crippen LogP contribution in [0.4, 0.5) is 0 Å². The predicted octanol–water partition coefficient (Wildman–Crippen LogP) is 0.857. The highest BCUT2D eigenvalue weighted by Crippen LogP contribution is 2.23. The van der Waals surface area contributed by atoms with Crippen molar-refractivity contribution in [1.82, 2.24) is 9.78 Å². The van der Waals surface area contributed by atoms with Gasteiger partial charge in [-0.1, -0.05) is 0 Å². The van der Waals surface area contributed by atoms with Crippen molar-refractivity contribution in [2.24, 2.45) is 7.05 Å². The van der Waals surface area contributed by atoms with Gasteiger partial charge in [-0.05, 0) is 13.3 Å². The molecule has 3 heteroatoms. The number of fused-ring (bicyclic) bond motifs is 1. The molecular formula is C8H10N2O. The zero-order chi connectivity index (χ0) is 8.01. The molecule has 1 aromatic rings. The molecule has 0 bridgehead atoms. The first kappa shape index (κ1) is 6.58. The van der Waals surface area contributed by atoms with Crippen LogP contribution in [0.25, 0.3) is 0 Å². The van der Waals surface area contributed by atoms with Crippen molar-refractivity contribution in [2.45, 2.75) is 19.8 Å². The second-order valence-electron chi connectivity index (χ2n) is 2.96. The second kappa shape index (κ2) is 1.94. The van der Waals surface area contributed by atoms with Crippen molar-refractivity contribution in [3.8, 4) is 0 Å². The molecule has 2 rings (SSSR count). The summed E-state index contributed by atoms with van der Waals surface area (Å²) in [7, 11) is 1.83. The summed E-state index contributed by atoms with van der Waals surface area (Å²) >= 11 is 0. The Morgan fingerprint density at radius 3 is 2.82 bits per heavy atom. The highest BCUT2D eigenvalue weighted by Gasteiger charge is 2.25. The number of hydrogen-bond donors (Lipinski definition) is 0. The minimum atomic E-state index is 0.239. The summed E-state index contributed by atoms with van der Waals surface area (Å²) in [6.07, 6.45) is 1.55. The Hall–Kier alpha value is -1.12. The third kappa shape index (κ3) is 0.737. The number of aromatic nitrogens is 2. The van der Waals surface area contributed by atoms with Gasteiger partial charge in [-0.2, -0.15) is 5.10 Å². The standard InChI is InChI=1S/C8H10N2O/c1-5-6-3-4-7(11)8(6)10(2)9-5/h3-4H2,1-2H3. The molecule has 1 aromatic heterocycles. The largest absolute Gasteiger partial charge is 0.292 e. The van der Waals surface area contributed by atoms with E-state index in [1.165, 1.54) is 0 Å². The first-order chi connectivity index (χ1) is 5.20. The summed E-state index contributed by atoms with van der Waals surface area (Å²) in [5.41, 5.74) is 2.98. The van der Waals surface area contributed by atoms with Gasteiger partial charge in [0.2, 0.25) is 0 Å². The minimum Gasteiger partial charge on any atom is -0.292 e. The van der Waals surface area contributed by atoms with Crippen LogP contribution in [-0.4, -0.2) is 15.6 Å². The van der Waals surface area contributed by atoms with Crippen LogP contribution in [0.1, 0.15) is 28.2 Å². The van der Waals surface area contributed by atoms with Crippen LogP contribution < -0.4 is 0 Å². The average molecular weight is 150 g/mol. The van der Waals surface area contributed by atoms with Gasteiger partial charge in [-0.3, -0.25) is 9.48 Å². The molecule has 0 aliphatic heterocycles. The van der Waals surface area contributed by atoms with Gasteiger partial charge in [0.05, 0.1) is 5.69 Å². The fraction of sp³-hybridized carbons (Fsp3) is 0.500. The van der Waals surface area contributed by atoms with Gasteiger partial charge in [0.1, 0.15) is 5.69 Å². The van der Waals surface area contributed by atoms with Crippen molar-refractivity contribution in [2.75, 3.05) is 0 Å². The highest BCUT2D eigenvalue weighted by atomic mass is 16.1. The Kier molecular flexibility index (Phi) is 1.16. The molecule has 0 saturated carbocycles. The van der Waals surface area contributed by atoms with Gasteiger partial charge in [-0.15, -0.1) is 0 Å². The van der Waals surface area contributed by atoms with Gasteiger partial charge >= 0.3 is 0 Å². The molecule has 0 atom stereocenters. The number of nitrogens with zero attached hydrogens (tertiary/aromatic N) is 2. The van der Waals surface area contributed by atoms with Crippen LogP contribution in [-0.2, 0) is 13.5 Å². The summed E-state index contributed by atoms with van der Waals surface area (Å²) in [6.45, 7) is 1.96. The van der Waals surface area contributed by atoms with Crippen LogP contribution in [0.2, 0.25) is 0 Å². The maximum atomic E-state index is 11.2. The van der Waals surface area contributed by atoms with Crippen LogP contribution >= 0.6 is 0 Å². The zero-order valence-electron chi connectivity index (χ0n) is 6.72. The fourth-order valence-corrected chi connectivity index (χ4v) is 1.71. The van der Waals surface area contributed by atoms with E-state index in [0.717, 1.165) is 23.4 Å². The van der Waals surface area contributed by atoms with Gasteiger partial charge < -0.3 is 0 Å². The van der Waals surface area contributed by atoms with Crippen molar-refractivity contribution < 1.29 is 4.79 Å². The average Bonchev–Trinajstić information content (AvgIpc) is 2.41. The number of aryl methyl sites for hydroxylation is 2. The molecule has 0 N–H and O–H groups in total. The molecule has 3 nitrogen and oxygen atoms in total. The normalized spacial score (nSPS) is 15.6. The monoisotopic (exact) mass is 150 g/mol. The lowest BCUT2D eigenvalue weighted by atomic mass is 10.2. The Morgan fingerprint density at radius 2 is 2.18 bits per heavy atom. The summed E-state index contributed by atoms with van der Waals surface area (Å²) in [4.78, 5) is 11.2. The Labute approximate surface area is 65.0 Å². The van der Waals surface area contributed by atoms with E-state index in [0.29, 0.717) is 6.42 Å². The maximum Gasteiger partial charge on any atom is 0.181 e. The number of carbonyl (C=O) groups excluding carboxylic acids is 1. The van der Waals surface area contributed by atoms with Gasteiger partial charge in [0.25, 0.3) is 0 Å². The van der Waals surface area contributed by atoms with Crippen LogP contribution in [0, 0.1) is 6.92 Å². The third-order valence-corrected chi connectivity index (χ3v) is 2.21. The van der Waals surface area contributed by atoms with Crippen molar-refractivity contribution >= 4 is 5.78 Å². The molecule has 0 spiro atoms. The second-order valence-corrected chi connectivity index (χ2v) is 2.96. The van der Waals surface area contributed by atoms with E-state index < -0.39 is 0 Å². The molecule has 11 heavy (non-hydrogen) atoms. The summed E-state index contributed by atoms with van der Waals surface area (Å²) in [6, 6.07) is 0. The first-order valence-electron chi connectivity index (χ1n) is 3.76. The Bertz CT molecular complexity index is 325.